The average molecular weight is 475 g/mol. The fourth-order valence-corrected chi connectivity index (χ4v) is 4.78. The van der Waals surface area contributed by atoms with Crippen molar-refractivity contribution in [1.29, 1.82) is 0 Å². The molecule has 1 heterocycles. The molecule has 1 aliphatic rings. The number of nitro groups is 1. The van der Waals surface area contributed by atoms with Gasteiger partial charge in [0, 0.05) is 27.6 Å². The Hall–Kier alpha value is -2.48. The summed E-state index contributed by atoms with van der Waals surface area (Å²) in [6.45, 7) is 0. The number of thiazole rings is 1. The van der Waals surface area contributed by atoms with Gasteiger partial charge in [-0.1, -0.05) is 60.7 Å². The lowest BCUT2D eigenvalue weighted by Gasteiger charge is -2.16. The molecule has 0 N–H and O–H groups in total. The summed E-state index contributed by atoms with van der Waals surface area (Å²) in [6.07, 6.45) is 7.42. The number of benzene rings is 2. The standard InChI is InChI=1S/C22H20Cl2N4O2S/c23-17-9-7-16(8-10-17)21-14-31-22(26-18-4-2-1-3-5-18)27(21)25-13-15-6-11-19(24)20(12-15)28(29)30/h6-14,18H,1-5H2. The van der Waals surface area contributed by atoms with Crippen LogP contribution in [0, 0.1) is 10.1 Å². The normalized spacial score (nSPS) is 15.6. The maximum Gasteiger partial charge on any atom is 0.288 e. The Balaban J connectivity index is 1.76. The molecule has 1 saturated carbocycles. The molecule has 1 aliphatic carbocycles. The number of rotatable bonds is 5. The molecule has 9 heteroatoms. The van der Waals surface area contributed by atoms with Crippen LogP contribution in [-0.4, -0.2) is 21.9 Å². The third kappa shape index (κ3) is 5.23. The minimum absolute atomic E-state index is 0.0974. The van der Waals surface area contributed by atoms with E-state index in [9.17, 15) is 10.1 Å². The second kappa shape index (κ2) is 9.77. The zero-order valence-corrected chi connectivity index (χ0v) is 18.9. The molecule has 6 nitrogen and oxygen atoms in total. The summed E-state index contributed by atoms with van der Waals surface area (Å²) in [5.74, 6) is 0. The molecule has 0 atom stereocenters. The molecule has 0 bridgehead atoms. The summed E-state index contributed by atoms with van der Waals surface area (Å²) in [4.78, 5) is 16.5. The monoisotopic (exact) mass is 474 g/mol. The fraction of sp³-hybridized carbons (Fsp3) is 0.273. The molecule has 1 aromatic heterocycles. The van der Waals surface area contributed by atoms with Crippen LogP contribution in [0.2, 0.25) is 10.0 Å². The van der Waals surface area contributed by atoms with Crippen molar-refractivity contribution >= 4 is 46.4 Å². The van der Waals surface area contributed by atoms with Crippen LogP contribution in [0.4, 0.5) is 5.69 Å². The number of nitro benzene ring substituents is 1. The van der Waals surface area contributed by atoms with Gasteiger partial charge in [0.25, 0.3) is 5.69 Å². The Morgan fingerprint density at radius 2 is 1.84 bits per heavy atom. The first kappa shape index (κ1) is 21.7. The molecule has 0 amide bonds. The number of nitrogens with zero attached hydrogens (tertiary/aromatic N) is 4. The molecule has 4 rings (SSSR count). The molecular formula is C22H20Cl2N4O2S. The van der Waals surface area contributed by atoms with E-state index in [1.807, 2.05) is 29.6 Å². The lowest BCUT2D eigenvalue weighted by molar-refractivity contribution is -0.384. The van der Waals surface area contributed by atoms with E-state index in [0.29, 0.717) is 16.6 Å². The number of halogens is 2. The van der Waals surface area contributed by atoms with Crippen molar-refractivity contribution in [2.45, 2.75) is 38.1 Å². The van der Waals surface area contributed by atoms with Gasteiger partial charge in [-0.3, -0.25) is 15.1 Å². The van der Waals surface area contributed by atoms with Crippen molar-refractivity contribution in [3.05, 3.63) is 78.4 Å². The highest BCUT2D eigenvalue weighted by molar-refractivity contribution is 7.07. The summed E-state index contributed by atoms with van der Waals surface area (Å²) in [5, 5.41) is 18.6. The Bertz CT molecular complexity index is 1180. The molecule has 3 aromatic rings. The van der Waals surface area contributed by atoms with Gasteiger partial charge in [-0.2, -0.15) is 5.10 Å². The van der Waals surface area contributed by atoms with Gasteiger partial charge in [0.2, 0.25) is 4.80 Å². The van der Waals surface area contributed by atoms with Gasteiger partial charge < -0.3 is 0 Å². The van der Waals surface area contributed by atoms with Gasteiger partial charge in [0.15, 0.2) is 0 Å². The van der Waals surface area contributed by atoms with Gasteiger partial charge in [0.05, 0.1) is 22.9 Å². The van der Waals surface area contributed by atoms with Crippen LogP contribution >= 0.6 is 34.5 Å². The first-order valence-electron chi connectivity index (χ1n) is 10.00. The van der Waals surface area contributed by atoms with Crippen LogP contribution < -0.4 is 4.80 Å². The first-order chi connectivity index (χ1) is 15.0. The maximum atomic E-state index is 11.2. The Labute approximate surface area is 193 Å². The number of hydrogen-bond acceptors (Lipinski definition) is 5. The SMILES string of the molecule is O=[N+]([O-])c1cc(C=Nn2c(-c3ccc(Cl)cc3)csc2=NC2CCCCC2)ccc1Cl. The molecular weight excluding hydrogens is 455 g/mol. The molecule has 0 radical (unpaired) electrons. The summed E-state index contributed by atoms with van der Waals surface area (Å²) in [7, 11) is 0. The molecule has 31 heavy (non-hydrogen) atoms. The zero-order valence-electron chi connectivity index (χ0n) is 16.6. The molecule has 0 aliphatic heterocycles. The van der Waals surface area contributed by atoms with Gasteiger partial charge in [0.1, 0.15) is 5.02 Å². The predicted molar refractivity (Wildman–Crippen MR) is 126 cm³/mol. The predicted octanol–water partition coefficient (Wildman–Crippen LogP) is 6.55. The van der Waals surface area contributed by atoms with Crippen LogP contribution in [-0.2, 0) is 0 Å². The molecule has 0 unspecified atom stereocenters. The van der Waals surface area contributed by atoms with Crippen LogP contribution in [0.15, 0.2) is 57.9 Å². The summed E-state index contributed by atoms with van der Waals surface area (Å²) < 4.78 is 1.79. The first-order valence-corrected chi connectivity index (χ1v) is 11.6. The van der Waals surface area contributed by atoms with E-state index < -0.39 is 4.92 Å². The minimum Gasteiger partial charge on any atom is -0.258 e. The third-order valence-electron chi connectivity index (χ3n) is 5.18. The van der Waals surface area contributed by atoms with Crippen LogP contribution in [0.1, 0.15) is 37.7 Å². The Kier molecular flexibility index (Phi) is 6.85. The van der Waals surface area contributed by atoms with Crippen LogP contribution in [0.3, 0.4) is 0 Å². The molecule has 160 valence electrons. The van der Waals surface area contributed by atoms with Gasteiger partial charge in [-0.05, 0) is 31.0 Å². The largest absolute Gasteiger partial charge is 0.288 e. The minimum atomic E-state index is -0.500. The number of aromatic nitrogens is 1. The summed E-state index contributed by atoms with van der Waals surface area (Å²) in [5.41, 5.74) is 2.28. The van der Waals surface area contributed by atoms with E-state index in [0.717, 1.165) is 28.9 Å². The van der Waals surface area contributed by atoms with E-state index >= 15 is 0 Å². The van der Waals surface area contributed by atoms with Crippen molar-refractivity contribution in [1.82, 2.24) is 4.68 Å². The summed E-state index contributed by atoms with van der Waals surface area (Å²) in [6, 6.07) is 12.5. The Morgan fingerprint density at radius 1 is 1.10 bits per heavy atom. The smallest absolute Gasteiger partial charge is 0.258 e. The van der Waals surface area contributed by atoms with Crippen molar-refractivity contribution in [2.75, 3.05) is 0 Å². The third-order valence-corrected chi connectivity index (χ3v) is 6.58. The average Bonchev–Trinajstić information content (AvgIpc) is 3.16. The van der Waals surface area contributed by atoms with Gasteiger partial charge >= 0.3 is 0 Å². The molecule has 1 fully saturated rings. The highest BCUT2D eigenvalue weighted by atomic mass is 35.5. The number of hydrogen-bond donors (Lipinski definition) is 0. The van der Waals surface area contributed by atoms with E-state index in [-0.39, 0.29) is 10.7 Å². The van der Waals surface area contributed by atoms with E-state index in [1.165, 1.54) is 42.7 Å². The quantitative estimate of drug-likeness (QED) is 0.239. The fourth-order valence-electron chi connectivity index (χ4n) is 3.56. The zero-order chi connectivity index (χ0) is 21.8. The topological polar surface area (TPSA) is 72.8 Å². The second-order valence-corrected chi connectivity index (χ2v) is 9.04. The van der Waals surface area contributed by atoms with Gasteiger partial charge in [-0.15, -0.1) is 11.3 Å². The molecule has 0 saturated heterocycles. The second-order valence-electron chi connectivity index (χ2n) is 7.36. The lowest BCUT2D eigenvalue weighted by Crippen LogP contribution is -2.19. The maximum absolute atomic E-state index is 11.2. The van der Waals surface area contributed by atoms with E-state index in [1.54, 1.807) is 17.0 Å². The van der Waals surface area contributed by atoms with Gasteiger partial charge in [-0.25, -0.2) is 4.68 Å². The van der Waals surface area contributed by atoms with Crippen LogP contribution in [0.5, 0.6) is 0 Å². The van der Waals surface area contributed by atoms with E-state index in [2.05, 4.69) is 5.10 Å². The summed E-state index contributed by atoms with van der Waals surface area (Å²) >= 11 is 13.5. The van der Waals surface area contributed by atoms with Crippen molar-refractivity contribution in [2.24, 2.45) is 10.1 Å². The molecule has 0 spiro atoms. The highest BCUT2D eigenvalue weighted by Crippen LogP contribution is 2.26. The van der Waals surface area contributed by atoms with Crippen LogP contribution in [0.25, 0.3) is 11.3 Å². The highest BCUT2D eigenvalue weighted by Gasteiger charge is 2.15. The Morgan fingerprint density at radius 3 is 2.55 bits per heavy atom. The van der Waals surface area contributed by atoms with Crippen molar-refractivity contribution < 1.29 is 4.92 Å². The van der Waals surface area contributed by atoms with E-state index in [4.69, 9.17) is 28.2 Å². The van der Waals surface area contributed by atoms with Crippen molar-refractivity contribution in [3.8, 4) is 11.3 Å². The molecule has 2 aromatic carbocycles. The van der Waals surface area contributed by atoms with Crippen molar-refractivity contribution in [3.63, 3.8) is 0 Å². The lowest BCUT2D eigenvalue weighted by atomic mass is 9.96.